The molecule has 0 unspecified atom stereocenters. The van der Waals surface area contributed by atoms with Gasteiger partial charge in [-0.05, 0) is 20.3 Å². The normalized spacial score (nSPS) is 11.9. The second-order valence-corrected chi connectivity index (χ2v) is 6.41. The topological polar surface area (TPSA) is 63.2 Å². The summed E-state index contributed by atoms with van der Waals surface area (Å²) in [5.74, 6) is 1.96. The molecule has 1 amide bonds. The third-order valence-electron chi connectivity index (χ3n) is 2.26. The number of terminal acetylenes is 1. The number of carbonyl (C=O) groups excluding carboxylic acids is 1. The molecule has 0 rings (SSSR count). The first-order valence-electron chi connectivity index (χ1n) is 4.65. The van der Waals surface area contributed by atoms with E-state index >= 15 is 0 Å². The van der Waals surface area contributed by atoms with E-state index < -0.39 is 20.5 Å². The van der Waals surface area contributed by atoms with Crippen LogP contribution in [0.5, 0.6) is 0 Å². The Bertz CT molecular complexity index is 363. The molecule has 0 aliphatic heterocycles. The fraction of sp³-hybridized carbons (Fsp3) is 0.700. The second kappa shape index (κ2) is 5.17. The molecule has 0 atom stereocenters. The van der Waals surface area contributed by atoms with Crippen molar-refractivity contribution in [3.8, 4) is 12.3 Å². The lowest BCUT2D eigenvalue weighted by Crippen LogP contribution is -2.47. The monoisotopic (exact) mass is 231 g/mol. The first-order valence-corrected chi connectivity index (χ1v) is 6.54. The van der Waals surface area contributed by atoms with Crippen LogP contribution in [-0.2, 0) is 14.6 Å². The van der Waals surface area contributed by atoms with Gasteiger partial charge in [0.2, 0.25) is 5.91 Å². The largest absolute Gasteiger partial charge is 0.355 e. The van der Waals surface area contributed by atoms with E-state index in [-0.39, 0.29) is 0 Å². The summed E-state index contributed by atoms with van der Waals surface area (Å²) in [6.45, 7) is 3.18. The second-order valence-electron chi connectivity index (χ2n) is 3.85. The molecule has 0 aromatic rings. The predicted molar refractivity (Wildman–Crippen MR) is 60.0 cm³/mol. The van der Waals surface area contributed by atoms with Crippen LogP contribution in [0.25, 0.3) is 0 Å². The molecule has 0 spiro atoms. The Kier molecular flexibility index (Phi) is 4.82. The minimum Gasteiger partial charge on any atom is -0.355 e. The molecule has 0 heterocycles. The van der Waals surface area contributed by atoms with Crippen LogP contribution in [0.4, 0.5) is 0 Å². The van der Waals surface area contributed by atoms with Crippen molar-refractivity contribution < 1.29 is 13.2 Å². The van der Waals surface area contributed by atoms with Crippen molar-refractivity contribution in [3.63, 3.8) is 0 Å². The van der Waals surface area contributed by atoms with Gasteiger partial charge in [-0.1, -0.05) is 0 Å². The zero-order valence-corrected chi connectivity index (χ0v) is 10.1. The van der Waals surface area contributed by atoms with Crippen molar-refractivity contribution in [2.45, 2.75) is 31.4 Å². The molecule has 0 fully saturated rings. The fourth-order valence-electron chi connectivity index (χ4n) is 0.774. The van der Waals surface area contributed by atoms with Gasteiger partial charge in [0.1, 0.15) is 4.75 Å². The Morgan fingerprint density at radius 1 is 1.47 bits per heavy atom. The highest BCUT2D eigenvalue weighted by molar-refractivity contribution is 7.92. The number of amides is 1. The Balaban J connectivity index is 4.30. The standard InChI is InChI=1S/C10H17NO3S/c1-5-6-7-8-11-9(12)10(2,3)15(4,13)14/h1H,6-8H2,2-4H3,(H,11,12). The van der Waals surface area contributed by atoms with Crippen LogP contribution < -0.4 is 5.32 Å². The summed E-state index contributed by atoms with van der Waals surface area (Å²) in [5.41, 5.74) is 0. The van der Waals surface area contributed by atoms with Crippen LogP contribution in [0, 0.1) is 12.3 Å². The molecule has 5 heteroatoms. The first-order chi connectivity index (χ1) is 6.73. The molecule has 0 radical (unpaired) electrons. The van der Waals surface area contributed by atoms with Crippen molar-refractivity contribution in [1.82, 2.24) is 5.32 Å². The maximum atomic E-state index is 11.5. The Morgan fingerprint density at radius 2 is 2.00 bits per heavy atom. The van der Waals surface area contributed by atoms with Gasteiger partial charge in [0.25, 0.3) is 0 Å². The zero-order valence-electron chi connectivity index (χ0n) is 9.33. The van der Waals surface area contributed by atoms with Gasteiger partial charge < -0.3 is 5.32 Å². The molecule has 0 bridgehead atoms. The van der Waals surface area contributed by atoms with Crippen LogP contribution in [0.3, 0.4) is 0 Å². The summed E-state index contributed by atoms with van der Waals surface area (Å²) in [4.78, 5) is 11.5. The molecule has 0 aliphatic rings. The third-order valence-corrected chi connectivity index (χ3v) is 4.30. The van der Waals surface area contributed by atoms with Crippen molar-refractivity contribution >= 4 is 15.7 Å². The number of hydrogen-bond donors (Lipinski definition) is 1. The van der Waals surface area contributed by atoms with Gasteiger partial charge in [0.05, 0.1) is 0 Å². The van der Waals surface area contributed by atoms with Gasteiger partial charge >= 0.3 is 0 Å². The Hall–Kier alpha value is -1.02. The summed E-state index contributed by atoms with van der Waals surface area (Å²) >= 11 is 0. The molecule has 0 aliphatic carbocycles. The number of nitrogens with one attached hydrogen (secondary N) is 1. The number of hydrogen-bond acceptors (Lipinski definition) is 3. The minimum absolute atomic E-state index is 0.405. The maximum Gasteiger partial charge on any atom is 0.240 e. The quantitative estimate of drug-likeness (QED) is 0.548. The Morgan fingerprint density at radius 3 is 2.40 bits per heavy atom. The van der Waals surface area contributed by atoms with Crippen LogP contribution in [0.1, 0.15) is 26.7 Å². The van der Waals surface area contributed by atoms with Crippen LogP contribution in [-0.4, -0.2) is 31.9 Å². The minimum atomic E-state index is -3.40. The summed E-state index contributed by atoms with van der Waals surface area (Å²) in [5, 5.41) is 2.55. The molecule has 0 saturated heterocycles. The van der Waals surface area contributed by atoms with Crippen molar-refractivity contribution in [1.29, 1.82) is 0 Å². The zero-order chi connectivity index (χ0) is 12.1. The molecule has 15 heavy (non-hydrogen) atoms. The van der Waals surface area contributed by atoms with Gasteiger partial charge in [-0.25, -0.2) is 8.42 Å². The SMILES string of the molecule is C#CCCCNC(=O)C(C)(C)S(C)(=O)=O. The average Bonchev–Trinajstić information content (AvgIpc) is 2.10. The van der Waals surface area contributed by atoms with Crippen LogP contribution in [0.15, 0.2) is 0 Å². The van der Waals surface area contributed by atoms with Gasteiger partial charge in [-0.3, -0.25) is 4.79 Å². The molecular weight excluding hydrogens is 214 g/mol. The van der Waals surface area contributed by atoms with E-state index in [2.05, 4.69) is 11.2 Å². The summed E-state index contributed by atoms with van der Waals surface area (Å²) in [6, 6.07) is 0. The average molecular weight is 231 g/mol. The van der Waals surface area contributed by atoms with Gasteiger partial charge in [0, 0.05) is 19.2 Å². The number of rotatable bonds is 5. The van der Waals surface area contributed by atoms with E-state index in [1.807, 2.05) is 0 Å². The fourth-order valence-corrected chi connectivity index (χ4v) is 1.18. The van der Waals surface area contributed by atoms with Crippen LogP contribution in [0.2, 0.25) is 0 Å². The van der Waals surface area contributed by atoms with Crippen molar-refractivity contribution in [3.05, 3.63) is 0 Å². The molecule has 4 nitrogen and oxygen atoms in total. The van der Waals surface area contributed by atoms with Gasteiger partial charge in [-0.15, -0.1) is 12.3 Å². The third kappa shape index (κ3) is 3.92. The summed E-state index contributed by atoms with van der Waals surface area (Å²) in [7, 11) is -3.40. The molecule has 86 valence electrons. The highest BCUT2D eigenvalue weighted by atomic mass is 32.2. The molecule has 0 aromatic carbocycles. The molecule has 0 aromatic heterocycles. The van der Waals surface area contributed by atoms with Crippen LogP contribution >= 0.6 is 0 Å². The van der Waals surface area contributed by atoms with Gasteiger partial charge in [-0.2, -0.15) is 0 Å². The van der Waals surface area contributed by atoms with E-state index in [0.29, 0.717) is 19.4 Å². The number of sulfone groups is 1. The van der Waals surface area contributed by atoms with E-state index in [1.165, 1.54) is 13.8 Å². The van der Waals surface area contributed by atoms with Gasteiger partial charge in [0.15, 0.2) is 9.84 Å². The first kappa shape index (κ1) is 14.0. The van der Waals surface area contributed by atoms with Crippen molar-refractivity contribution in [2.75, 3.05) is 12.8 Å². The highest BCUT2D eigenvalue weighted by Crippen LogP contribution is 2.14. The highest BCUT2D eigenvalue weighted by Gasteiger charge is 2.37. The number of unbranched alkanes of at least 4 members (excludes halogenated alkanes) is 1. The number of carbonyl (C=O) groups is 1. The van der Waals surface area contributed by atoms with E-state index in [1.54, 1.807) is 0 Å². The molecular formula is C10H17NO3S. The molecule has 0 saturated carbocycles. The summed E-state index contributed by atoms with van der Waals surface area (Å²) in [6.07, 6.45) is 7.32. The van der Waals surface area contributed by atoms with E-state index in [9.17, 15) is 13.2 Å². The lowest BCUT2D eigenvalue weighted by molar-refractivity contribution is -0.122. The lowest BCUT2D eigenvalue weighted by Gasteiger charge is -2.21. The van der Waals surface area contributed by atoms with E-state index in [4.69, 9.17) is 6.42 Å². The predicted octanol–water partition coefficient (Wildman–Crippen LogP) is 0.339. The van der Waals surface area contributed by atoms with Crippen molar-refractivity contribution in [2.24, 2.45) is 0 Å². The maximum absolute atomic E-state index is 11.5. The lowest BCUT2D eigenvalue weighted by atomic mass is 10.2. The Labute approximate surface area is 91.4 Å². The summed E-state index contributed by atoms with van der Waals surface area (Å²) < 4.78 is 21.2. The smallest absolute Gasteiger partial charge is 0.240 e. The molecule has 1 N–H and O–H groups in total. The van der Waals surface area contributed by atoms with E-state index in [0.717, 1.165) is 6.26 Å².